The molecule has 0 radical (unpaired) electrons. The highest BCUT2D eigenvalue weighted by Gasteiger charge is 2.24. The maximum absolute atomic E-state index is 11.0. The van der Waals surface area contributed by atoms with Crippen LogP contribution in [0.1, 0.15) is 31.2 Å². The average molecular weight is 302 g/mol. The summed E-state index contributed by atoms with van der Waals surface area (Å²) in [5.74, 6) is 6.92. The van der Waals surface area contributed by atoms with Gasteiger partial charge in [-0.1, -0.05) is 17.9 Å². The molecule has 1 unspecified atom stereocenters. The van der Waals surface area contributed by atoms with E-state index in [9.17, 15) is 4.79 Å². The molecule has 1 aromatic rings. The molecule has 1 aromatic carbocycles. The zero-order valence-electron chi connectivity index (χ0n) is 12.6. The van der Waals surface area contributed by atoms with Crippen molar-refractivity contribution in [1.82, 2.24) is 4.90 Å². The predicted octanol–water partition coefficient (Wildman–Crippen LogP) is 2.30. The number of unbranched alkanes of at least 4 members (excludes halogenated alkanes) is 1. The van der Waals surface area contributed by atoms with Gasteiger partial charge in [-0.3, -0.25) is 0 Å². The summed E-state index contributed by atoms with van der Waals surface area (Å²) in [6.45, 7) is 1.66. The third-order valence-electron chi connectivity index (χ3n) is 3.52. The number of carbonyl (C=O) groups is 1. The summed E-state index contributed by atoms with van der Waals surface area (Å²) in [6, 6.07) is 7.62. The van der Waals surface area contributed by atoms with Crippen molar-refractivity contribution in [3.8, 4) is 17.6 Å². The number of ether oxygens (including phenoxy) is 1. The molecule has 118 valence electrons. The molecule has 0 aliphatic carbocycles. The second-order valence-corrected chi connectivity index (χ2v) is 5.33. The fraction of sp³-hybridized carbons (Fsp3) is 0.471. The van der Waals surface area contributed by atoms with E-state index < -0.39 is 6.09 Å². The molecule has 1 aliphatic rings. The van der Waals surface area contributed by atoms with Gasteiger partial charge in [-0.2, -0.15) is 0 Å². The largest absolute Gasteiger partial charge is 0.489 e. The summed E-state index contributed by atoms with van der Waals surface area (Å²) in [5.41, 5.74) is 6.34. The number of amides is 1. The lowest BCUT2D eigenvalue weighted by atomic mass is 10.1. The Morgan fingerprint density at radius 1 is 1.50 bits per heavy atom. The van der Waals surface area contributed by atoms with Crippen molar-refractivity contribution in [3.63, 3.8) is 0 Å². The number of nitrogens with zero attached hydrogens (tertiary/aromatic N) is 1. The quantitative estimate of drug-likeness (QED) is 0.661. The molecule has 1 fully saturated rings. The van der Waals surface area contributed by atoms with Gasteiger partial charge in [-0.25, -0.2) is 4.79 Å². The minimum Gasteiger partial charge on any atom is -0.489 e. The Morgan fingerprint density at radius 3 is 3.14 bits per heavy atom. The third kappa shape index (κ3) is 4.97. The van der Waals surface area contributed by atoms with Crippen LogP contribution in [0.2, 0.25) is 0 Å². The molecule has 0 bridgehead atoms. The van der Waals surface area contributed by atoms with Gasteiger partial charge in [0.1, 0.15) is 11.9 Å². The van der Waals surface area contributed by atoms with Crippen LogP contribution in [0.3, 0.4) is 0 Å². The Hall–Kier alpha value is -2.19. The van der Waals surface area contributed by atoms with Crippen LogP contribution in [-0.2, 0) is 0 Å². The smallest absolute Gasteiger partial charge is 0.407 e. The molecule has 5 nitrogen and oxygen atoms in total. The zero-order chi connectivity index (χ0) is 15.8. The standard InChI is InChI=1S/C17H22N2O3/c18-10-3-1-2-6-14-7-4-8-15(12-14)22-16-9-5-11-19(13-16)17(20)21/h4,7-8,12,16H,1,3,5,9-11,13,18H2,(H,20,21). The summed E-state index contributed by atoms with van der Waals surface area (Å²) >= 11 is 0. The van der Waals surface area contributed by atoms with Crippen molar-refractivity contribution in [2.45, 2.75) is 31.8 Å². The third-order valence-corrected chi connectivity index (χ3v) is 3.52. The molecule has 1 saturated heterocycles. The Morgan fingerprint density at radius 2 is 2.36 bits per heavy atom. The van der Waals surface area contributed by atoms with Crippen LogP contribution in [0.5, 0.6) is 5.75 Å². The van der Waals surface area contributed by atoms with E-state index in [1.54, 1.807) is 0 Å². The first kappa shape index (κ1) is 16.2. The van der Waals surface area contributed by atoms with E-state index >= 15 is 0 Å². The summed E-state index contributed by atoms with van der Waals surface area (Å²) in [4.78, 5) is 12.4. The molecule has 1 heterocycles. The molecule has 22 heavy (non-hydrogen) atoms. The lowest BCUT2D eigenvalue weighted by molar-refractivity contribution is 0.0792. The second kappa shape index (κ2) is 8.30. The predicted molar refractivity (Wildman–Crippen MR) is 84.9 cm³/mol. The first-order valence-corrected chi connectivity index (χ1v) is 7.62. The van der Waals surface area contributed by atoms with E-state index in [-0.39, 0.29) is 6.10 Å². The highest BCUT2D eigenvalue weighted by atomic mass is 16.5. The van der Waals surface area contributed by atoms with E-state index in [0.717, 1.165) is 37.0 Å². The lowest BCUT2D eigenvalue weighted by Gasteiger charge is -2.30. The number of hydrogen-bond donors (Lipinski definition) is 2. The fourth-order valence-corrected chi connectivity index (χ4v) is 2.40. The number of rotatable bonds is 4. The van der Waals surface area contributed by atoms with E-state index in [1.165, 1.54) is 4.90 Å². The van der Waals surface area contributed by atoms with Crippen LogP contribution in [0.4, 0.5) is 4.79 Å². The molecule has 0 spiro atoms. The van der Waals surface area contributed by atoms with Crippen molar-refractivity contribution >= 4 is 6.09 Å². The molecule has 2 rings (SSSR count). The number of benzene rings is 1. The van der Waals surface area contributed by atoms with Gasteiger partial charge < -0.3 is 20.5 Å². The minimum atomic E-state index is -0.882. The number of nitrogens with two attached hydrogens (primary N) is 1. The first-order chi connectivity index (χ1) is 10.7. The topological polar surface area (TPSA) is 75.8 Å². The summed E-state index contributed by atoms with van der Waals surface area (Å²) in [7, 11) is 0. The van der Waals surface area contributed by atoms with Crippen molar-refractivity contribution in [1.29, 1.82) is 0 Å². The maximum atomic E-state index is 11.0. The number of likely N-dealkylation sites (tertiary alicyclic amines) is 1. The van der Waals surface area contributed by atoms with Crippen molar-refractivity contribution < 1.29 is 14.6 Å². The number of carboxylic acid groups (broad SMARTS) is 1. The average Bonchev–Trinajstić information content (AvgIpc) is 2.52. The van der Waals surface area contributed by atoms with Crippen LogP contribution in [0, 0.1) is 11.8 Å². The molecule has 0 saturated carbocycles. The van der Waals surface area contributed by atoms with Crippen LogP contribution < -0.4 is 10.5 Å². The molecular weight excluding hydrogens is 280 g/mol. The van der Waals surface area contributed by atoms with Crippen molar-refractivity contribution in [3.05, 3.63) is 29.8 Å². The Kier molecular flexibility index (Phi) is 6.11. The Balaban J connectivity index is 1.94. The molecule has 1 amide bonds. The van der Waals surface area contributed by atoms with Crippen LogP contribution in [-0.4, -0.2) is 41.8 Å². The lowest BCUT2D eigenvalue weighted by Crippen LogP contribution is -2.43. The summed E-state index contributed by atoms with van der Waals surface area (Å²) < 4.78 is 5.91. The van der Waals surface area contributed by atoms with Crippen molar-refractivity contribution in [2.75, 3.05) is 19.6 Å². The highest BCUT2D eigenvalue weighted by Crippen LogP contribution is 2.19. The number of hydrogen-bond acceptors (Lipinski definition) is 3. The monoisotopic (exact) mass is 302 g/mol. The van der Waals surface area contributed by atoms with Crippen LogP contribution >= 0.6 is 0 Å². The van der Waals surface area contributed by atoms with Crippen molar-refractivity contribution in [2.24, 2.45) is 5.73 Å². The summed E-state index contributed by atoms with van der Waals surface area (Å²) in [5, 5.41) is 9.05. The first-order valence-electron chi connectivity index (χ1n) is 7.62. The second-order valence-electron chi connectivity index (χ2n) is 5.33. The molecule has 0 aromatic heterocycles. The van der Waals surface area contributed by atoms with Gasteiger partial charge in [0.2, 0.25) is 0 Å². The van der Waals surface area contributed by atoms with E-state index in [2.05, 4.69) is 11.8 Å². The Labute approximate surface area is 131 Å². The summed E-state index contributed by atoms with van der Waals surface area (Å²) in [6.07, 6.45) is 2.41. The number of piperidine rings is 1. The van der Waals surface area contributed by atoms with Gasteiger partial charge in [0.05, 0.1) is 6.54 Å². The maximum Gasteiger partial charge on any atom is 0.407 e. The van der Waals surface area contributed by atoms with Gasteiger partial charge in [-0.15, -0.1) is 0 Å². The van der Waals surface area contributed by atoms with Gasteiger partial charge >= 0.3 is 6.09 Å². The molecule has 1 atom stereocenters. The van der Waals surface area contributed by atoms with Crippen LogP contribution in [0.15, 0.2) is 24.3 Å². The molecule has 3 N–H and O–H groups in total. The van der Waals surface area contributed by atoms with Gasteiger partial charge in [0, 0.05) is 18.5 Å². The van der Waals surface area contributed by atoms with E-state index in [0.29, 0.717) is 19.6 Å². The zero-order valence-corrected chi connectivity index (χ0v) is 12.6. The van der Waals surface area contributed by atoms with Gasteiger partial charge in [0.15, 0.2) is 0 Å². The van der Waals surface area contributed by atoms with Gasteiger partial charge in [0.25, 0.3) is 0 Å². The van der Waals surface area contributed by atoms with Crippen LogP contribution in [0.25, 0.3) is 0 Å². The van der Waals surface area contributed by atoms with E-state index in [4.69, 9.17) is 15.6 Å². The molecule has 1 aliphatic heterocycles. The highest BCUT2D eigenvalue weighted by molar-refractivity contribution is 5.65. The normalized spacial score (nSPS) is 17.5. The Bertz CT molecular complexity index is 563. The SMILES string of the molecule is NCCCC#Cc1cccc(OC2CCCN(C(=O)O)C2)c1. The molecular formula is C17H22N2O3. The van der Waals surface area contributed by atoms with Gasteiger partial charge in [-0.05, 0) is 44.0 Å². The minimum absolute atomic E-state index is 0.0923. The van der Waals surface area contributed by atoms with E-state index in [1.807, 2.05) is 24.3 Å². The molecule has 5 heteroatoms. The fourth-order valence-electron chi connectivity index (χ4n) is 2.40.